The normalized spacial score (nSPS) is 14.0. The van der Waals surface area contributed by atoms with E-state index in [1.807, 2.05) is 0 Å². The summed E-state index contributed by atoms with van der Waals surface area (Å²) in [6.07, 6.45) is 15.3. The Morgan fingerprint density at radius 3 is 1.42 bits per heavy atom. The fourth-order valence-corrected chi connectivity index (χ4v) is 4.30. The summed E-state index contributed by atoms with van der Waals surface area (Å²) in [5, 5.41) is 9.05. The third kappa shape index (κ3) is 17.6. The van der Waals surface area contributed by atoms with Gasteiger partial charge in [-0.05, 0) is 12.8 Å². The number of aliphatic hydroxyl groups excluding tert-OH is 1. The molecule has 0 aromatic heterocycles. The van der Waals surface area contributed by atoms with Crippen LogP contribution in [0.2, 0.25) is 0 Å². The standard InChI is InChI=1S/C20H42O4S.K/c1-3-5-7-9-10-11-12-14-15-17-19(21)20(25(22,23)24)18-16-13-8-6-4-2;/h19-21H,3-18H2,1-2H3,(H,22,23,24);/q;+1/p-1. The second-order valence-electron chi connectivity index (χ2n) is 7.42. The minimum atomic E-state index is -4.42. The van der Waals surface area contributed by atoms with E-state index in [0.717, 1.165) is 44.9 Å². The Balaban J connectivity index is 0. The molecule has 152 valence electrons. The summed E-state index contributed by atoms with van der Waals surface area (Å²) >= 11 is 0. The van der Waals surface area contributed by atoms with Gasteiger partial charge in [-0.25, -0.2) is 8.42 Å². The fourth-order valence-electron chi connectivity index (χ4n) is 3.33. The molecule has 2 unspecified atom stereocenters. The molecule has 0 heterocycles. The SMILES string of the molecule is CCCCCCCCCCCC(O)C(CCCCCCC)S(=O)(=O)[O-].[K+]. The van der Waals surface area contributed by atoms with Crippen molar-refractivity contribution in [3.63, 3.8) is 0 Å². The summed E-state index contributed by atoms with van der Waals surface area (Å²) in [7, 11) is -4.42. The summed E-state index contributed by atoms with van der Waals surface area (Å²) in [4.78, 5) is 0. The Kier molecular flexibility index (Phi) is 22.6. The molecule has 0 aromatic rings. The molecule has 0 fully saturated rings. The monoisotopic (exact) mass is 416 g/mol. The molecule has 0 aliphatic carbocycles. The van der Waals surface area contributed by atoms with E-state index in [1.165, 1.54) is 38.5 Å². The third-order valence-corrected chi connectivity index (χ3v) is 6.29. The molecule has 26 heavy (non-hydrogen) atoms. The number of hydrogen-bond acceptors (Lipinski definition) is 4. The van der Waals surface area contributed by atoms with Crippen LogP contribution in [0.4, 0.5) is 0 Å². The molecule has 0 aromatic carbocycles. The topological polar surface area (TPSA) is 77.4 Å². The number of hydrogen-bond donors (Lipinski definition) is 1. The van der Waals surface area contributed by atoms with E-state index in [-0.39, 0.29) is 51.4 Å². The summed E-state index contributed by atoms with van der Waals surface area (Å²) in [5.41, 5.74) is 0. The molecule has 0 radical (unpaired) electrons. The van der Waals surface area contributed by atoms with Crippen LogP contribution < -0.4 is 51.4 Å². The van der Waals surface area contributed by atoms with Gasteiger partial charge < -0.3 is 9.66 Å². The number of unbranched alkanes of at least 4 members (excludes halogenated alkanes) is 12. The molecule has 0 saturated carbocycles. The molecule has 0 spiro atoms. The van der Waals surface area contributed by atoms with E-state index in [9.17, 15) is 18.1 Å². The fraction of sp³-hybridized carbons (Fsp3) is 1.00. The third-order valence-electron chi connectivity index (χ3n) is 5.00. The first-order valence-corrected chi connectivity index (χ1v) is 12.0. The van der Waals surface area contributed by atoms with Gasteiger partial charge in [0.25, 0.3) is 0 Å². The molecule has 0 bridgehead atoms. The maximum absolute atomic E-state index is 11.4. The van der Waals surface area contributed by atoms with Crippen LogP contribution in [0, 0.1) is 0 Å². The minimum absolute atomic E-state index is 0. The Morgan fingerprint density at radius 1 is 0.692 bits per heavy atom. The van der Waals surface area contributed by atoms with E-state index in [2.05, 4.69) is 13.8 Å². The molecular weight excluding hydrogens is 375 g/mol. The second-order valence-corrected chi connectivity index (χ2v) is 9.01. The zero-order valence-electron chi connectivity index (χ0n) is 17.5. The number of aliphatic hydroxyl groups is 1. The minimum Gasteiger partial charge on any atom is -0.748 e. The quantitative estimate of drug-likeness (QED) is 0.212. The van der Waals surface area contributed by atoms with Crippen molar-refractivity contribution in [3.05, 3.63) is 0 Å². The predicted octanol–water partition coefficient (Wildman–Crippen LogP) is 2.55. The van der Waals surface area contributed by atoms with Crippen LogP contribution in [-0.4, -0.2) is 29.4 Å². The molecule has 0 saturated heterocycles. The summed E-state index contributed by atoms with van der Waals surface area (Å²) < 4.78 is 34.3. The van der Waals surface area contributed by atoms with Gasteiger partial charge in [0.2, 0.25) is 0 Å². The molecule has 6 heteroatoms. The number of rotatable bonds is 18. The van der Waals surface area contributed by atoms with Crippen molar-refractivity contribution >= 4 is 10.1 Å². The molecular formula is C20H41KO4S. The van der Waals surface area contributed by atoms with Gasteiger partial charge in [0.05, 0.1) is 11.4 Å². The summed E-state index contributed by atoms with van der Waals surface area (Å²) in [6.45, 7) is 4.34. The molecule has 2 atom stereocenters. The first-order valence-electron chi connectivity index (χ1n) is 10.6. The largest absolute Gasteiger partial charge is 1.00 e. The van der Waals surface area contributed by atoms with E-state index in [0.29, 0.717) is 19.3 Å². The van der Waals surface area contributed by atoms with E-state index in [1.54, 1.807) is 0 Å². The van der Waals surface area contributed by atoms with Gasteiger partial charge in [0, 0.05) is 0 Å². The van der Waals surface area contributed by atoms with Gasteiger partial charge in [-0.3, -0.25) is 0 Å². The Labute approximate surface area is 205 Å². The Hall–Kier alpha value is 1.51. The van der Waals surface area contributed by atoms with Crippen molar-refractivity contribution in [2.24, 2.45) is 0 Å². The molecule has 0 rings (SSSR count). The van der Waals surface area contributed by atoms with E-state index < -0.39 is 21.5 Å². The smallest absolute Gasteiger partial charge is 0.748 e. The van der Waals surface area contributed by atoms with Crippen molar-refractivity contribution in [1.82, 2.24) is 0 Å². The second kappa shape index (κ2) is 19.8. The van der Waals surface area contributed by atoms with Gasteiger partial charge in [-0.15, -0.1) is 0 Å². The predicted molar refractivity (Wildman–Crippen MR) is 105 cm³/mol. The molecule has 0 amide bonds. The summed E-state index contributed by atoms with van der Waals surface area (Å²) in [5.74, 6) is 0. The van der Waals surface area contributed by atoms with Crippen molar-refractivity contribution in [2.45, 2.75) is 128 Å². The maximum atomic E-state index is 11.4. The van der Waals surface area contributed by atoms with Crippen LogP contribution in [0.5, 0.6) is 0 Å². The van der Waals surface area contributed by atoms with Gasteiger partial charge in [0.1, 0.15) is 10.1 Å². The zero-order valence-corrected chi connectivity index (χ0v) is 21.5. The van der Waals surface area contributed by atoms with Crippen molar-refractivity contribution < 1.29 is 69.5 Å². The summed E-state index contributed by atoms with van der Waals surface area (Å²) in [6, 6.07) is 0. The molecule has 1 N–H and O–H groups in total. The first-order chi connectivity index (χ1) is 11.9. The van der Waals surface area contributed by atoms with E-state index in [4.69, 9.17) is 0 Å². The first kappa shape index (κ1) is 29.7. The van der Waals surface area contributed by atoms with Gasteiger partial charge >= 0.3 is 51.4 Å². The molecule has 0 aliphatic rings. The average Bonchev–Trinajstić information content (AvgIpc) is 2.55. The van der Waals surface area contributed by atoms with Gasteiger partial charge in [-0.1, -0.05) is 104 Å². The van der Waals surface area contributed by atoms with Crippen LogP contribution in [0.25, 0.3) is 0 Å². The van der Waals surface area contributed by atoms with Crippen molar-refractivity contribution in [1.29, 1.82) is 0 Å². The van der Waals surface area contributed by atoms with Gasteiger partial charge in [-0.2, -0.15) is 0 Å². The van der Waals surface area contributed by atoms with Crippen LogP contribution in [0.1, 0.15) is 117 Å². The van der Waals surface area contributed by atoms with Crippen LogP contribution in [0.3, 0.4) is 0 Å². The van der Waals surface area contributed by atoms with E-state index >= 15 is 0 Å². The van der Waals surface area contributed by atoms with Crippen LogP contribution >= 0.6 is 0 Å². The molecule has 0 aliphatic heterocycles. The van der Waals surface area contributed by atoms with Crippen molar-refractivity contribution in [3.8, 4) is 0 Å². The maximum Gasteiger partial charge on any atom is 1.00 e. The van der Waals surface area contributed by atoms with Crippen molar-refractivity contribution in [2.75, 3.05) is 0 Å². The van der Waals surface area contributed by atoms with Gasteiger partial charge in [0.15, 0.2) is 0 Å². The average molecular weight is 417 g/mol. The Bertz CT molecular complexity index is 387. The molecule has 4 nitrogen and oxygen atoms in total. The zero-order chi connectivity index (χ0) is 19.0. The van der Waals surface area contributed by atoms with Crippen LogP contribution in [-0.2, 0) is 10.1 Å². The van der Waals surface area contributed by atoms with Crippen LogP contribution in [0.15, 0.2) is 0 Å². The Morgan fingerprint density at radius 2 is 1.04 bits per heavy atom.